The molecule has 0 N–H and O–H groups in total. The van der Waals surface area contributed by atoms with Crippen LogP contribution in [0.5, 0.6) is 0 Å². The van der Waals surface area contributed by atoms with Crippen LogP contribution in [-0.4, -0.2) is 31.5 Å². The van der Waals surface area contributed by atoms with Gasteiger partial charge in [0, 0.05) is 30.5 Å². The molecular weight excluding hydrogens is 343 g/mol. The summed E-state index contributed by atoms with van der Waals surface area (Å²) in [4.78, 5) is 14.4. The Hall–Kier alpha value is -2.34. The van der Waals surface area contributed by atoms with E-state index in [0.717, 1.165) is 6.07 Å². The van der Waals surface area contributed by atoms with Gasteiger partial charge in [-0.3, -0.25) is 0 Å². The standard InChI is InChI=1S/C20H20F3NO2/c1-12-16(21)10-15(18(23)17(12)22)20(8-9-24(2)3)11-13-6-4-5-7-14(13)19(25)26-20/h4-7,10H,8-9,11H2,1-3H3. The Morgan fingerprint density at radius 3 is 2.54 bits per heavy atom. The van der Waals surface area contributed by atoms with Gasteiger partial charge in [0.05, 0.1) is 5.56 Å². The second kappa shape index (κ2) is 6.76. The van der Waals surface area contributed by atoms with E-state index >= 15 is 0 Å². The van der Waals surface area contributed by atoms with Crippen LogP contribution in [0, 0.1) is 24.4 Å². The summed E-state index contributed by atoms with van der Waals surface area (Å²) in [5.74, 6) is -3.90. The first-order chi connectivity index (χ1) is 12.2. The van der Waals surface area contributed by atoms with Gasteiger partial charge in [-0.15, -0.1) is 0 Å². The number of hydrogen-bond acceptors (Lipinski definition) is 3. The first-order valence-corrected chi connectivity index (χ1v) is 8.36. The molecule has 3 nitrogen and oxygen atoms in total. The summed E-state index contributed by atoms with van der Waals surface area (Å²) in [5.41, 5.74) is -1.06. The third-order valence-electron chi connectivity index (χ3n) is 4.84. The number of fused-ring (bicyclic) bond motifs is 1. The zero-order chi connectivity index (χ0) is 19.1. The molecule has 1 atom stereocenters. The summed E-state index contributed by atoms with van der Waals surface area (Å²) >= 11 is 0. The van der Waals surface area contributed by atoms with Gasteiger partial charge in [0.1, 0.15) is 11.4 Å². The average molecular weight is 363 g/mol. The molecule has 6 heteroatoms. The molecule has 1 heterocycles. The Morgan fingerprint density at radius 2 is 1.85 bits per heavy atom. The van der Waals surface area contributed by atoms with E-state index in [0.29, 0.717) is 17.7 Å². The number of cyclic esters (lactones) is 1. The molecule has 0 saturated carbocycles. The highest BCUT2D eigenvalue weighted by molar-refractivity contribution is 5.92. The van der Waals surface area contributed by atoms with E-state index in [1.807, 2.05) is 19.0 Å². The fourth-order valence-electron chi connectivity index (χ4n) is 3.30. The van der Waals surface area contributed by atoms with Crippen LogP contribution in [0.2, 0.25) is 0 Å². The number of benzene rings is 2. The Morgan fingerprint density at radius 1 is 1.15 bits per heavy atom. The Balaban J connectivity index is 2.18. The van der Waals surface area contributed by atoms with Gasteiger partial charge < -0.3 is 9.64 Å². The number of hydrogen-bond donors (Lipinski definition) is 0. The maximum absolute atomic E-state index is 14.8. The van der Waals surface area contributed by atoms with E-state index in [2.05, 4.69) is 0 Å². The van der Waals surface area contributed by atoms with Crippen molar-refractivity contribution in [2.24, 2.45) is 0 Å². The number of esters is 1. The van der Waals surface area contributed by atoms with Crippen LogP contribution in [0.25, 0.3) is 0 Å². The minimum atomic E-state index is -1.46. The molecule has 0 fully saturated rings. The van der Waals surface area contributed by atoms with Crippen LogP contribution in [0.4, 0.5) is 13.2 Å². The zero-order valence-corrected chi connectivity index (χ0v) is 14.9. The van der Waals surface area contributed by atoms with E-state index in [1.54, 1.807) is 24.3 Å². The molecular formula is C20H20F3NO2. The molecule has 0 aliphatic carbocycles. The van der Waals surface area contributed by atoms with E-state index in [-0.39, 0.29) is 18.4 Å². The highest BCUT2D eigenvalue weighted by Crippen LogP contribution is 2.41. The van der Waals surface area contributed by atoms with Gasteiger partial charge in [0.25, 0.3) is 0 Å². The van der Waals surface area contributed by atoms with E-state index in [9.17, 15) is 18.0 Å². The van der Waals surface area contributed by atoms with Gasteiger partial charge in [0.2, 0.25) is 0 Å². The lowest BCUT2D eigenvalue weighted by atomic mass is 9.80. The number of carbonyl (C=O) groups excluding carboxylic acids is 1. The second-order valence-corrected chi connectivity index (χ2v) is 6.93. The molecule has 0 aromatic heterocycles. The fourth-order valence-corrected chi connectivity index (χ4v) is 3.30. The lowest BCUT2D eigenvalue weighted by molar-refractivity contribution is -0.0376. The van der Waals surface area contributed by atoms with Crippen molar-refractivity contribution in [3.63, 3.8) is 0 Å². The first kappa shape index (κ1) is 18.5. The molecule has 0 amide bonds. The van der Waals surface area contributed by atoms with E-state index in [4.69, 9.17) is 4.74 Å². The molecule has 138 valence electrons. The van der Waals surface area contributed by atoms with Crippen molar-refractivity contribution in [1.82, 2.24) is 4.90 Å². The van der Waals surface area contributed by atoms with Crippen molar-refractivity contribution in [2.75, 3.05) is 20.6 Å². The summed E-state index contributed by atoms with van der Waals surface area (Å²) in [6.45, 7) is 1.62. The maximum Gasteiger partial charge on any atom is 0.339 e. The number of nitrogens with zero attached hydrogens (tertiary/aromatic N) is 1. The van der Waals surface area contributed by atoms with Crippen molar-refractivity contribution in [1.29, 1.82) is 0 Å². The van der Waals surface area contributed by atoms with Crippen LogP contribution < -0.4 is 0 Å². The van der Waals surface area contributed by atoms with Crippen molar-refractivity contribution in [3.05, 3.63) is 70.0 Å². The van der Waals surface area contributed by atoms with E-state index in [1.165, 1.54) is 6.92 Å². The first-order valence-electron chi connectivity index (χ1n) is 8.36. The monoisotopic (exact) mass is 363 g/mol. The molecule has 0 bridgehead atoms. The SMILES string of the molecule is Cc1c(F)cc(C2(CCN(C)C)Cc3ccccc3C(=O)O2)c(F)c1F. The molecule has 2 aromatic rings. The Bertz CT molecular complexity index is 866. The molecule has 3 rings (SSSR count). The molecule has 0 saturated heterocycles. The van der Waals surface area contributed by atoms with Crippen molar-refractivity contribution < 1.29 is 22.7 Å². The zero-order valence-electron chi connectivity index (χ0n) is 14.9. The van der Waals surface area contributed by atoms with Crippen LogP contribution in [0.15, 0.2) is 30.3 Å². The predicted octanol–water partition coefficient (Wildman–Crippen LogP) is 3.97. The molecule has 1 aliphatic heterocycles. The summed E-state index contributed by atoms with van der Waals surface area (Å²) in [6, 6.07) is 7.79. The second-order valence-electron chi connectivity index (χ2n) is 6.93. The van der Waals surface area contributed by atoms with Gasteiger partial charge in [-0.2, -0.15) is 0 Å². The Kier molecular flexibility index (Phi) is 4.80. The normalized spacial score (nSPS) is 19.4. The van der Waals surface area contributed by atoms with Crippen molar-refractivity contribution in [2.45, 2.75) is 25.4 Å². The predicted molar refractivity (Wildman–Crippen MR) is 91.5 cm³/mol. The largest absolute Gasteiger partial charge is 0.450 e. The van der Waals surface area contributed by atoms with Crippen molar-refractivity contribution >= 4 is 5.97 Å². The smallest absolute Gasteiger partial charge is 0.339 e. The van der Waals surface area contributed by atoms with Gasteiger partial charge in [-0.05, 0) is 38.7 Å². The van der Waals surface area contributed by atoms with Crippen LogP contribution in [0.1, 0.15) is 33.5 Å². The Labute approximate surface area is 150 Å². The number of carbonyl (C=O) groups is 1. The highest BCUT2D eigenvalue weighted by atomic mass is 19.2. The maximum atomic E-state index is 14.8. The van der Waals surface area contributed by atoms with E-state index < -0.39 is 34.6 Å². The molecule has 0 radical (unpaired) electrons. The molecule has 1 unspecified atom stereocenters. The highest BCUT2D eigenvalue weighted by Gasteiger charge is 2.44. The molecule has 1 aliphatic rings. The third kappa shape index (κ3) is 3.09. The lowest BCUT2D eigenvalue weighted by Crippen LogP contribution is -2.42. The summed E-state index contributed by atoms with van der Waals surface area (Å²) < 4.78 is 48.8. The quantitative estimate of drug-likeness (QED) is 0.608. The summed E-state index contributed by atoms with van der Waals surface area (Å²) in [5, 5.41) is 0. The average Bonchev–Trinajstić information content (AvgIpc) is 2.61. The van der Waals surface area contributed by atoms with Crippen LogP contribution in [0.3, 0.4) is 0 Å². The van der Waals surface area contributed by atoms with Gasteiger partial charge >= 0.3 is 5.97 Å². The number of ether oxygens (including phenoxy) is 1. The molecule has 2 aromatic carbocycles. The van der Waals surface area contributed by atoms with Gasteiger partial charge in [0.15, 0.2) is 11.6 Å². The van der Waals surface area contributed by atoms with Crippen LogP contribution in [-0.2, 0) is 16.8 Å². The third-order valence-corrected chi connectivity index (χ3v) is 4.84. The minimum absolute atomic E-state index is 0.154. The van der Waals surface area contributed by atoms with Crippen molar-refractivity contribution in [3.8, 4) is 0 Å². The summed E-state index contributed by atoms with van der Waals surface area (Å²) in [6.07, 6.45) is 0.362. The van der Waals surface area contributed by atoms with Crippen LogP contribution >= 0.6 is 0 Å². The topological polar surface area (TPSA) is 29.5 Å². The summed E-state index contributed by atoms with van der Waals surface area (Å²) in [7, 11) is 3.64. The van der Waals surface area contributed by atoms with Gasteiger partial charge in [-0.1, -0.05) is 18.2 Å². The number of halogens is 3. The fraction of sp³-hybridized carbons (Fsp3) is 0.350. The minimum Gasteiger partial charge on any atom is -0.450 e. The molecule has 26 heavy (non-hydrogen) atoms. The van der Waals surface area contributed by atoms with Gasteiger partial charge in [-0.25, -0.2) is 18.0 Å². The number of rotatable bonds is 4. The lowest BCUT2D eigenvalue weighted by Gasteiger charge is -2.39. The molecule has 0 spiro atoms.